The van der Waals surface area contributed by atoms with Crippen molar-refractivity contribution in [2.24, 2.45) is 11.8 Å². The molecule has 0 aromatic carbocycles. The topological polar surface area (TPSA) is 294 Å². The van der Waals surface area contributed by atoms with Gasteiger partial charge < -0.3 is 35.4 Å². The molecule has 0 rings (SSSR count). The first-order chi connectivity index (χ1) is 23.9. The number of carbonyl (C=O) groups is 8. The van der Waals surface area contributed by atoms with Crippen molar-refractivity contribution in [2.75, 3.05) is 38.7 Å². The molecule has 292 valence electrons. The molecule has 0 saturated heterocycles. The van der Waals surface area contributed by atoms with Gasteiger partial charge >= 0.3 is 17.9 Å². The maximum absolute atomic E-state index is 12.7. The average molecular weight is 753 g/mol. The molecule has 3 atom stereocenters. The molecule has 18 nitrogen and oxygen atoms in total. The first kappa shape index (κ1) is 47.2. The summed E-state index contributed by atoms with van der Waals surface area (Å²) >= 11 is 0. The molecule has 3 unspecified atom stereocenters. The van der Waals surface area contributed by atoms with Crippen LogP contribution in [0.2, 0.25) is 0 Å². The monoisotopic (exact) mass is 752 g/mol. The normalized spacial score (nSPS) is 13.1. The number of carbonyl (C=O) groups excluding carboxylic acids is 5. The first-order valence-electron chi connectivity index (χ1n) is 16.8. The standard InChI is InChI=1S/C32H52N2O16S/c1-2-7-24(35)9-5-3-4-8-22(31(42)43)18-25(36)20-50-17-16-49-15-14-33-28(38)13-12-23(32(44)45)19-27(37)26(21-51(46,47)48)34-29(39)10-6-11-30(40)41/h22-23,26H,2-21H2,1H3,(H,33,38)(H,34,39)(H,40,41)(H,42,43)(H,44,45)(H,46,47,48). The summed E-state index contributed by atoms with van der Waals surface area (Å²) in [6.45, 7) is 1.80. The Morgan fingerprint density at radius 3 is 1.92 bits per heavy atom. The van der Waals surface area contributed by atoms with Crippen LogP contribution in [0.4, 0.5) is 0 Å². The minimum atomic E-state index is -4.77. The van der Waals surface area contributed by atoms with E-state index in [1.165, 1.54) is 0 Å². The Bertz CT molecular complexity index is 1270. The van der Waals surface area contributed by atoms with Crippen LogP contribution in [-0.2, 0) is 57.9 Å². The lowest BCUT2D eigenvalue weighted by molar-refractivity contribution is -0.145. The highest BCUT2D eigenvalue weighted by Gasteiger charge is 2.30. The lowest BCUT2D eigenvalue weighted by Gasteiger charge is -2.19. The summed E-state index contributed by atoms with van der Waals surface area (Å²) in [4.78, 5) is 94.5. The third kappa shape index (κ3) is 26.6. The van der Waals surface area contributed by atoms with E-state index >= 15 is 0 Å². The predicted molar refractivity (Wildman–Crippen MR) is 178 cm³/mol. The van der Waals surface area contributed by atoms with E-state index in [0.717, 1.165) is 6.42 Å². The van der Waals surface area contributed by atoms with Crippen molar-refractivity contribution in [1.29, 1.82) is 0 Å². The molecule has 0 saturated carbocycles. The van der Waals surface area contributed by atoms with Crippen LogP contribution >= 0.6 is 0 Å². The number of ketones is 3. The number of hydrogen-bond donors (Lipinski definition) is 6. The zero-order valence-electron chi connectivity index (χ0n) is 29.0. The van der Waals surface area contributed by atoms with Crippen LogP contribution in [0, 0.1) is 11.8 Å². The zero-order valence-corrected chi connectivity index (χ0v) is 29.8. The minimum absolute atomic E-state index is 0.0267. The molecule has 19 heteroatoms. The van der Waals surface area contributed by atoms with Crippen LogP contribution < -0.4 is 10.6 Å². The Hall–Kier alpha value is -3.81. The van der Waals surface area contributed by atoms with E-state index in [-0.39, 0.29) is 83.1 Å². The van der Waals surface area contributed by atoms with Gasteiger partial charge in [0.05, 0.1) is 31.7 Å². The van der Waals surface area contributed by atoms with Gasteiger partial charge in [-0.1, -0.05) is 19.8 Å². The quantitative estimate of drug-likeness (QED) is 0.0405. The molecular weight excluding hydrogens is 700 g/mol. The summed E-state index contributed by atoms with van der Waals surface area (Å²) < 4.78 is 42.4. The molecule has 6 N–H and O–H groups in total. The van der Waals surface area contributed by atoms with E-state index in [1.54, 1.807) is 0 Å². The van der Waals surface area contributed by atoms with Crippen LogP contribution in [0.15, 0.2) is 0 Å². The Balaban J connectivity index is 4.42. The van der Waals surface area contributed by atoms with Crippen molar-refractivity contribution in [3.8, 4) is 0 Å². The fourth-order valence-corrected chi connectivity index (χ4v) is 5.48. The second-order valence-electron chi connectivity index (χ2n) is 12.0. The van der Waals surface area contributed by atoms with E-state index in [1.807, 2.05) is 6.92 Å². The molecule has 0 fully saturated rings. The number of rotatable bonds is 33. The van der Waals surface area contributed by atoms with Crippen LogP contribution in [0.3, 0.4) is 0 Å². The summed E-state index contributed by atoms with van der Waals surface area (Å²) in [7, 11) is -4.77. The van der Waals surface area contributed by atoms with Crippen molar-refractivity contribution in [3.05, 3.63) is 0 Å². The predicted octanol–water partition coefficient (Wildman–Crippen LogP) is 1.18. The Labute approximate surface area is 297 Å². The average Bonchev–Trinajstić information content (AvgIpc) is 3.02. The molecule has 51 heavy (non-hydrogen) atoms. The summed E-state index contributed by atoms with van der Waals surface area (Å²) in [5.74, 6) is -9.83. The summed E-state index contributed by atoms with van der Waals surface area (Å²) in [5.41, 5.74) is 0. The van der Waals surface area contributed by atoms with Gasteiger partial charge in [0.2, 0.25) is 11.8 Å². The SMILES string of the molecule is CCCC(=O)CCCCCC(CC(=O)COCCOCCNC(=O)CCC(CC(=O)C(CS(=O)(=O)O)NC(=O)CCCC(=O)O)C(=O)O)C(=O)O. The fraction of sp³-hybridized carbons (Fsp3) is 0.750. The highest BCUT2D eigenvalue weighted by atomic mass is 32.2. The molecule has 0 radical (unpaired) electrons. The molecule has 0 aliphatic heterocycles. The van der Waals surface area contributed by atoms with Gasteiger partial charge in [0.25, 0.3) is 10.1 Å². The number of nitrogens with one attached hydrogen (secondary N) is 2. The van der Waals surface area contributed by atoms with E-state index < -0.39 is 75.7 Å². The van der Waals surface area contributed by atoms with Crippen LogP contribution in [-0.4, -0.2) is 120 Å². The molecule has 0 aromatic rings. The second kappa shape index (κ2) is 26.9. The lowest BCUT2D eigenvalue weighted by atomic mass is 9.94. The molecule has 0 aliphatic carbocycles. The minimum Gasteiger partial charge on any atom is -0.481 e. The van der Waals surface area contributed by atoms with Crippen LogP contribution in [0.1, 0.15) is 96.8 Å². The van der Waals surface area contributed by atoms with Crippen molar-refractivity contribution in [3.63, 3.8) is 0 Å². The van der Waals surface area contributed by atoms with Gasteiger partial charge in [0.15, 0.2) is 11.6 Å². The van der Waals surface area contributed by atoms with E-state index in [0.29, 0.717) is 38.5 Å². The Morgan fingerprint density at radius 2 is 1.31 bits per heavy atom. The first-order valence-corrected chi connectivity index (χ1v) is 18.5. The maximum Gasteiger partial charge on any atom is 0.306 e. The molecule has 0 bridgehead atoms. The number of hydrogen-bond acceptors (Lipinski definition) is 12. The van der Waals surface area contributed by atoms with E-state index in [4.69, 9.17) is 14.6 Å². The number of carboxylic acids is 3. The van der Waals surface area contributed by atoms with Gasteiger partial charge in [-0.25, -0.2) is 0 Å². The van der Waals surface area contributed by atoms with E-state index in [2.05, 4.69) is 10.6 Å². The van der Waals surface area contributed by atoms with Crippen molar-refractivity contribution in [2.45, 2.75) is 103 Å². The van der Waals surface area contributed by atoms with E-state index in [9.17, 15) is 61.5 Å². The number of Topliss-reactive ketones (excluding diaryl/α,β-unsaturated/α-hetero) is 3. The third-order valence-corrected chi connectivity index (χ3v) is 8.23. The Morgan fingerprint density at radius 1 is 0.667 bits per heavy atom. The zero-order chi connectivity index (χ0) is 38.8. The van der Waals surface area contributed by atoms with Crippen LogP contribution in [0.5, 0.6) is 0 Å². The highest BCUT2D eigenvalue weighted by molar-refractivity contribution is 7.85. The van der Waals surface area contributed by atoms with Crippen molar-refractivity contribution in [1.82, 2.24) is 10.6 Å². The molecule has 2 amide bonds. The lowest BCUT2D eigenvalue weighted by Crippen LogP contribution is -2.46. The smallest absolute Gasteiger partial charge is 0.306 e. The molecule has 0 aliphatic rings. The number of ether oxygens (including phenoxy) is 2. The van der Waals surface area contributed by atoms with Crippen LogP contribution in [0.25, 0.3) is 0 Å². The van der Waals surface area contributed by atoms with Crippen molar-refractivity contribution >= 4 is 57.2 Å². The largest absolute Gasteiger partial charge is 0.481 e. The summed E-state index contributed by atoms with van der Waals surface area (Å²) in [5, 5.41) is 32.2. The second-order valence-corrected chi connectivity index (χ2v) is 13.5. The maximum atomic E-state index is 12.7. The van der Waals surface area contributed by atoms with Crippen molar-refractivity contribution < 1.29 is 76.1 Å². The van der Waals surface area contributed by atoms with Gasteiger partial charge in [-0.2, -0.15) is 8.42 Å². The summed E-state index contributed by atoms with van der Waals surface area (Å²) in [6.07, 6.45) is 1.72. The van der Waals surface area contributed by atoms with Gasteiger partial charge in [0, 0.05) is 51.5 Å². The van der Waals surface area contributed by atoms with Gasteiger partial charge in [-0.3, -0.25) is 42.9 Å². The number of unbranched alkanes of at least 4 members (excludes halogenated alkanes) is 2. The molecular formula is C32H52N2O16S. The highest BCUT2D eigenvalue weighted by Crippen LogP contribution is 2.17. The fourth-order valence-electron chi connectivity index (χ4n) is 4.79. The number of amides is 2. The number of carboxylic acid groups (broad SMARTS) is 3. The molecule has 0 heterocycles. The van der Waals surface area contributed by atoms with Gasteiger partial charge in [-0.05, 0) is 32.1 Å². The van der Waals surface area contributed by atoms with Gasteiger partial charge in [0.1, 0.15) is 24.2 Å². The Kier molecular flexibility index (Phi) is 24.9. The molecule has 0 spiro atoms. The van der Waals surface area contributed by atoms with Gasteiger partial charge in [-0.15, -0.1) is 0 Å². The number of aliphatic carboxylic acids is 3. The molecule has 0 aromatic heterocycles. The third-order valence-electron chi connectivity index (χ3n) is 7.48. The summed E-state index contributed by atoms with van der Waals surface area (Å²) in [6, 6.07) is -1.79.